The lowest BCUT2D eigenvalue weighted by Crippen LogP contribution is -2.21. The molecular weight excluding hydrogens is 296 g/mol. The van der Waals surface area contributed by atoms with Gasteiger partial charge < -0.3 is 20.5 Å². The third kappa shape index (κ3) is 4.74. The molecule has 2 aromatic carbocycles. The summed E-state index contributed by atoms with van der Waals surface area (Å²) in [4.78, 5) is 23.2. The van der Waals surface area contributed by atoms with E-state index in [1.807, 2.05) is 6.92 Å². The van der Waals surface area contributed by atoms with E-state index < -0.39 is 5.91 Å². The van der Waals surface area contributed by atoms with Gasteiger partial charge >= 0.3 is 0 Å². The minimum Gasteiger partial charge on any atom is -0.494 e. The first-order chi connectivity index (χ1) is 11.1. The SMILES string of the molecule is CCOc1ccc(NC(=O)COc2ccccc2C(N)=O)cc1. The molecule has 2 amide bonds. The second-order valence-corrected chi connectivity index (χ2v) is 4.65. The monoisotopic (exact) mass is 314 g/mol. The first-order valence-corrected chi connectivity index (χ1v) is 7.14. The molecule has 2 aromatic rings. The van der Waals surface area contributed by atoms with Gasteiger partial charge in [0, 0.05) is 5.69 Å². The second kappa shape index (κ2) is 7.84. The van der Waals surface area contributed by atoms with Crippen molar-refractivity contribution in [2.24, 2.45) is 5.73 Å². The molecule has 6 nitrogen and oxygen atoms in total. The summed E-state index contributed by atoms with van der Waals surface area (Å²) in [6.45, 7) is 2.26. The number of carbonyl (C=O) groups is 2. The summed E-state index contributed by atoms with van der Waals surface area (Å²) in [6.07, 6.45) is 0. The van der Waals surface area contributed by atoms with E-state index in [0.717, 1.165) is 5.75 Å². The number of nitrogens with one attached hydrogen (secondary N) is 1. The van der Waals surface area contributed by atoms with Crippen molar-refractivity contribution in [2.45, 2.75) is 6.92 Å². The highest BCUT2D eigenvalue weighted by Crippen LogP contribution is 2.18. The van der Waals surface area contributed by atoms with Crippen LogP contribution >= 0.6 is 0 Å². The average molecular weight is 314 g/mol. The highest BCUT2D eigenvalue weighted by Gasteiger charge is 2.10. The van der Waals surface area contributed by atoms with E-state index in [9.17, 15) is 9.59 Å². The van der Waals surface area contributed by atoms with Crippen LogP contribution in [0.1, 0.15) is 17.3 Å². The highest BCUT2D eigenvalue weighted by atomic mass is 16.5. The number of carbonyl (C=O) groups excluding carboxylic acids is 2. The molecule has 0 bridgehead atoms. The van der Waals surface area contributed by atoms with Gasteiger partial charge in [-0.1, -0.05) is 12.1 Å². The number of amides is 2. The van der Waals surface area contributed by atoms with E-state index in [4.69, 9.17) is 15.2 Å². The van der Waals surface area contributed by atoms with Gasteiger partial charge in [0.1, 0.15) is 11.5 Å². The molecule has 0 aromatic heterocycles. The van der Waals surface area contributed by atoms with Gasteiger partial charge in [-0.3, -0.25) is 9.59 Å². The van der Waals surface area contributed by atoms with Crippen molar-refractivity contribution in [1.82, 2.24) is 0 Å². The molecule has 0 atom stereocenters. The molecule has 0 aliphatic carbocycles. The van der Waals surface area contributed by atoms with Crippen molar-refractivity contribution in [2.75, 3.05) is 18.5 Å². The summed E-state index contributed by atoms with van der Waals surface area (Å²) in [6, 6.07) is 13.5. The number of hydrogen-bond donors (Lipinski definition) is 2. The van der Waals surface area contributed by atoms with Crippen molar-refractivity contribution in [3.8, 4) is 11.5 Å². The molecule has 120 valence electrons. The van der Waals surface area contributed by atoms with Crippen molar-refractivity contribution < 1.29 is 19.1 Å². The zero-order valence-electron chi connectivity index (χ0n) is 12.7. The molecule has 0 fully saturated rings. The van der Waals surface area contributed by atoms with Crippen LogP contribution in [0.2, 0.25) is 0 Å². The van der Waals surface area contributed by atoms with Gasteiger partial charge in [-0.05, 0) is 43.3 Å². The first kappa shape index (κ1) is 16.4. The summed E-state index contributed by atoms with van der Waals surface area (Å²) in [5.41, 5.74) is 6.12. The predicted molar refractivity (Wildman–Crippen MR) is 86.7 cm³/mol. The van der Waals surface area contributed by atoms with Crippen LogP contribution in [-0.4, -0.2) is 25.0 Å². The quantitative estimate of drug-likeness (QED) is 0.819. The second-order valence-electron chi connectivity index (χ2n) is 4.65. The van der Waals surface area contributed by atoms with Crippen LogP contribution < -0.4 is 20.5 Å². The topological polar surface area (TPSA) is 90.7 Å². The van der Waals surface area contributed by atoms with Crippen molar-refractivity contribution in [1.29, 1.82) is 0 Å². The van der Waals surface area contributed by atoms with Gasteiger partial charge in [0.2, 0.25) is 0 Å². The normalized spacial score (nSPS) is 9.96. The van der Waals surface area contributed by atoms with E-state index >= 15 is 0 Å². The van der Waals surface area contributed by atoms with Crippen molar-refractivity contribution in [3.63, 3.8) is 0 Å². The Balaban J connectivity index is 1.91. The molecule has 23 heavy (non-hydrogen) atoms. The first-order valence-electron chi connectivity index (χ1n) is 7.14. The Morgan fingerprint density at radius 3 is 2.39 bits per heavy atom. The highest BCUT2D eigenvalue weighted by molar-refractivity contribution is 5.96. The largest absolute Gasteiger partial charge is 0.494 e. The van der Waals surface area contributed by atoms with Crippen LogP contribution in [0.5, 0.6) is 11.5 Å². The number of nitrogens with two attached hydrogens (primary N) is 1. The minimum atomic E-state index is -0.604. The van der Waals surface area contributed by atoms with Crippen LogP contribution in [0.15, 0.2) is 48.5 Å². The smallest absolute Gasteiger partial charge is 0.262 e. The van der Waals surface area contributed by atoms with E-state index in [-0.39, 0.29) is 23.8 Å². The van der Waals surface area contributed by atoms with Gasteiger partial charge in [-0.15, -0.1) is 0 Å². The molecule has 3 N–H and O–H groups in total. The standard InChI is InChI=1S/C17H18N2O4/c1-2-22-13-9-7-12(8-10-13)19-16(20)11-23-15-6-4-3-5-14(15)17(18)21/h3-10H,2,11H2,1H3,(H2,18,21)(H,19,20). The minimum absolute atomic E-state index is 0.225. The number of anilines is 1. The Kier molecular flexibility index (Phi) is 5.57. The number of benzene rings is 2. The predicted octanol–water partition coefficient (Wildman–Crippen LogP) is 2.20. The number of ether oxygens (including phenoxy) is 2. The van der Waals surface area contributed by atoms with Gasteiger partial charge in [0.25, 0.3) is 11.8 Å². The number of rotatable bonds is 7. The van der Waals surface area contributed by atoms with Gasteiger partial charge in [-0.25, -0.2) is 0 Å². The summed E-state index contributed by atoms with van der Waals surface area (Å²) in [7, 11) is 0. The fourth-order valence-corrected chi connectivity index (χ4v) is 1.94. The maximum atomic E-state index is 11.9. The maximum absolute atomic E-state index is 11.9. The van der Waals surface area contributed by atoms with Gasteiger partial charge in [0.15, 0.2) is 6.61 Å². The van der Waals surface area contributed by atoms with Crippen LogP contribution in [0.25, 0.3) is 0 Å². The lowest BCUT2D eigenvalue weighted by molar-refractivity contribution is -0.118. The molecule has 0 spiro atoms. The molecule has 2 rings (SSSR count). The third-order valence-electron chi connectivity index (χ3n) is 2.96. The molecule has 0 saturated heterocycles. The van der Waals surface area contributed by atoms with Crippen molar-refractivity contribution in [3.05, 3.63) is 54.1 Å². The molecule has 6 heteroatoms. The molecular formula is C17H18N2O4. The van der Waals surface area contributed by atoms with Crippen LogP contribution in [0.3, 0.4) is 0 Å². The zero-order valence-corrected chi connectivity index (χ0v) is 12.7. The maximum Gasteiger partial charge on any atom is 0.262 e. The summed E-state index contributed by atoms with van der Waals surface area (Å²) < 4.78 is 10.7. The van der Waals surface area contributed by atoms with Gasteiger partial charge in [-0.2, -0.15) is 0 Å². The van der Waals surface area contributed by atoms with Crippen LogP contribution in [-0.2, 0) is 4.79 Å². The summed E-state index contributed by atoms with van der Waals surface area (Å²) in [5, 5.41) is 2.69. The van der Waals surface area contributed by atoms with E-state index in [1.165, 1.54) is 0 Å². The summed E-state index contributed by atoms with van der Waals surface area (Å²) in [5.74, 6) is 0.0694. The fraction of sp³-hybridized carbons (Fsp3) is 0.176. The Morgan fingerprint density at radius 2 is 1.74 bits per heavy atom. The van der Waals surface area contributed by atoms with Crippen LogP contribution in [0.4, 0.5) is 5.69 Å². The third-order valence-corrected chi connectivity index (χ3v) is 2.96. The Bertz CT molecular complexity index is 683. The Labute approximate surface area is 134 Å². The van der Waals surface area contributed by atoms with Crippen molar-refractivity contribution >= 4 is 17.5 Å². The molecule has 0 heterocycles. The summed E-state index contributed by atoms with van der Waals surface area (Å²) >= 11 is 0. The molecule has 0 unspecified atom stereocenters. The molecule has 0 aliphatic rings. The van der Waals surface area contributed by atoms with Gasteiger partial charge in [0.05, 0.1) is 12.2 Å². The number of para-hydroxylation sites is 1. The molecule has 0 aliphatic heterocycles. The molecule has 0 radical (unpaired) electrons. The fourth-order valence-electron chi connectivity index (χ4n) is 1.94. The van der Waals surface area contributed by atoms with Crippen LogP contribution in [0, 0.1) is 0 Å². The Morgan fingerprint density at radius 1 is 1.04 bits per heavy atom. The molecule has 0 saturated carbocycles. The van der Waals surface area contributed by atoms with E-state index in [1.54, 1.807) is 48.5 Å². The lowest BCUT2D eigenvalue weighted by atomic mass is 10.2. The van der Waals surface area contributed by atoms with E-state index in [0.29, 0.717) is 12.3 Å². The number of hydrogen-bond acceptors (Lipinski definition) is 4. The zero-order chi connectivity index (χ0) is 16.7. The lowest BCUT2D eigenvalue weighted by Gasteiger charge is -2.10. The average Bonchev–Trinajstić information content (AvgIpc) is 2.55. The Hall–Kier alpha value is -3.02. The number of primary amides is 1. The van der Waals surface area contributed by atoms with E-state index in [2.05, 4.69) is 5.32 Å².